The molecule has 0 saturated carbocycles. The maximum Gasteiger partial charge on any atom is 0.267 e. The molecule has 0 N–H and O–H groups in total. The molecule has 0 spiro atoms. The largest absolute Gasteiger partial charge is 0.336 e. The van der Waals surface area contributed by atoms with Gasteiger partial charge in [0.05, 0.1) is 17.1 Å². The van der Waals surface area contributed by atoms with E-state index < -0.39 is 0 Å². The number of carbonyl (C=O) groups excluding carboxylic acids is 1. The Hall–Kier alpha value is -2.54. The van der Waals surface area contributed by atoms with Crippen molar-refractivity contribution in [3.8, 4) is 5.69 Å². The fourth-order valence-electron chi connectivity index (χ4n) is 2.81. The third kappa shape index (κ3) is 3.32. The number of benzene rings is 1. The number of nitrogens with zero attached hydrogens (tertiary/aromatic N) is 5. The average Bonchev–Trinajstić information content (AvgIpc) is 3.21. The Balaban J connectivity index is 1.86. The van der Waals surface area contributed by atoms with Crippen molar-refractivity contribution in [3.63, 3.8) is 0 Å². The van der Waals surface area contributed by atoms with Crippen LogP contribution in [0.15, 0.2) is 30.3 Å². The van der Waals surface area contributed by atoms with Crippen molar-refractivity contribution in [1.29, 1.82) is 0 Å². The van der Waals surface area contributed by atoms with E-state index >= 15 is 0 Å². The summed E-state index contributed by atoms with van der Waals surface area (Å²) in [6.07, 6.45) is 0.704. The molecule has 0 radical (unpaired) electrons. The van der Waals surface area contributed by atoms with Gasteiger partial charge < -0.3 is 4.90 Å². The van der Waals surface area contributed by atoms with Crippen molar-refractivity contribution in [2.75, 3.05) is 7.05 Å². The average molecular weight is 355 g/mol. The van der Waals surface area contributed by atoms with Crippen molar-refractivity contribution < 1.29 is 4.79 Å². The monoisotopic (exact) mass is 355 g/mol. The highest BCUT2D eigenvalue weighted by molar-refractivity contribution is 7.07. The summed E-state index contributed by atoms with van der Waals surface area (Å²) >= 11 is 1.16. The zero-order valence-corrected chi connectivity index (χ0v) is 15.7. The lowest BCUT2D eigenvalue weighted by molar-refractivity contribution is 0.0788. The number of hydrogen-bond donors (Lipinski definition) is 0. The van der Waals surface area contributed by atoms with Gasteiger partial charge in [-0.25, -0.2) is 4.68 Å². The predicted molar refractivity (Wildman–Crippen MR) is 98.1 cm³/mol. The first-order valence-corrected chi connectivity index (χ1v) is 8.97. The molecule has 2 aromatic heterocycles. The highest BCUT2D eigenvalue weighted by atomic mass is 32.1. The molecule has 3 rings (SSSR count). The van der Waals surface area contributed by atoms with E-state index in [0.717, 1.165) is 39.9 Å². The molecule has 0 aliphatic heterocycles. The minimum absolute atomic E-state index is 0.0434. The molecule has 3 aromatic rings. The minimum atomic E-state index is -0.0434. The molecular weight excluding hydrogens is 334 g/mol. The van der Waals surface area contributed by atoms with Gasteiger partial charge in [-0.1, -0.05) is 29.6 Å². The first kappa shape index (κ1) is 17.3. The molecule has 25 heavy (non-hydrogen) atoms. The number of para-hydroxylation sites is 1. The van der Waals surface area contributed by atoms with Crippen LogP contribution in [0.4, 0.5) is 0 Å². The highest BCUT2D eigenvalue weighted by Gasteiger charge is 2.22. The summed E-state index contributed by atoms with van der Waals surface area (Å²) in [7, 11) is 1.81. The van der Waals surface area contributed by atoms with E-state index in [0.29, 0.717) is 17.8 Å². The third-order valence-corrected chi connectivity index (χ3v) is 5.02. The molecule has 0 bridgehead atoms. The van der Waals surface area contributed by atoms with Gasteiger partial charge in [0.15, 0.2) is 0 Å². The molecule has 0 atom stereocenters. The Labute approximate surface area is 151 Å². The maximum atomic E-state index is 12.7. The Kier molecular flexibility index (Phi) is 4.94. The Bertz CT molecular complexity index is 884. The molecule has 0 fully saturated rings. The van der Waals surface area contributed by atoms with Crippen LogP contribution in [0, 0.1) is 13.8 Å². The summed E-state index contributed by atoms with van der Waals surface area (Å²) in [5.41, 5.74) is 4.81. The zero-order chi connectivity index (χ0) is 18.0. The molecule has 2 heterocycles. The van der Waals surface area contributed by atoms with E-state index in [-0.39, 0.29) is 5.91 Å². The molecule has 1 aromatic carbocycles. The van der Waals surface area contributed by atoms with Crippen LogP contribution in [0.1, 0.15) is 39.2 Å². The van der Waals surface area contributed by atoms with E-state index in [1.165, 1.54) is 0 Å². The first-order chi connectivity index (χ1) is 12.0. The van der Waals surface area contributed by atoms with Crippen molar-refractivity contribution in [3.05, 3.63) is 57.9 Å². The van der Waals surface area contributed by atoms with Gasteiger partial charge in [-0.2, -0.15) is 5.10 Å². The number of aryl methyl sites for hydroxylation is 2. The minimum Gasteiger partial charge on any atom is -0.336 e. The van der Waals surface area contributed by atoms with E-state index in [1.54, 1.807) is 11.9 Å². The lowest BCUT2D eigenvalue weighted by Gasteiger charge is -2.17. The van der Waals surface area contributed by atoms with Crippen LogP contribution in [-0.4, -0.2) is 37.2 Å². The number of amides is 1. The fraction of sp³-hybridized carbons (Fsp3) is 0.333. The molecule has 0 saturated heterocycles. The smallest absolute Gasteiger partial charge is 0.267 e. The van der Waals surface area contributed by atoms with Crippen LogP contribution < -0.4 is 0 Å². The normalized spacial score (nSPS) is 10.9. The molecule has 7 heteroatoms. The quantitative estimate of drug-likeness (QED) is 0.705. The number of aromatic nitrogens is 4. The van der Waals surface area contributed by atoms with Gasteiger partial charge in [-0.3, -0.25) is 4.79 Å². The van der Waals surface area contributed by atoms with Crippen molar-refractivity contribution >= 4 is 17.4 Å². The van der Waals surface area contributed by atoms with Crippen LogP contribution >= 0.6 is 11.5 Å². The summed E-state index contributed by atoms with van der Waals surface area (Å²) in [5.74, 6) is -0.0434. The summed E-state index contributed by atoms with van der Waals surface area (Å²) < 4.78 is 5.84. The maximum absolute atomic E-state index is 12.7. The van der Waals surface area contributed by atoms with Gasteiger partial charge in [-0.15, -0.1) is 5.10 Å². The third-order valence-electron chi connectivity index (χ3n) is 4.27. The highest BCUT2D eigenvalue weighted by Crippen LogP contribution is 2.21. The topological polar surface area (TPSA) is 63.9 Å². The Morgan fingerprint density at radius 3 is 2.64 bits per heavy atom. The number of carbonyl (C=O) groups is 1. The van der Waals surface area contributed by atoms with Gasteiger partial charge in [-0.05, 0) is 43.9 Å². The van der Waals surface area contributed by atoms with E-state index in [2.05, 4.69) is 14.7 Å². The lowest BCUT2D eigenvalue weighted by Crippen LogP contribution is -2.26. The van der Waals surface area contributed by atoms with Crippen LogP contribution in [-0.2, 0) is 13.0 Å². The second kappa shape index (κ2) is 7.14. The van der Waals surface area contributed by atoms with Crippen LogP contribution in [0.5, 0.6) is 0 Å². The van der Waals surface area contributed by atoms with Crippen LogP contribution in [0.3, 0.4) is 0 Å². The van der Waals surface area contributed by atoms with Gasteiger partial charge in [0.25, 0.3) is 5.91 Å². The summed E-state index contributed by atoms with van der Waals surface area (Å²) in [6, 6.07) is 10.0. The molecule has 0 unspecified atom stereocenters. The standard InChI is InChI=1S/C18H21N5OS/c1-5-16-17(25-21-19-16)18(24)22(4)11-15-12(2)20-23(13(15)3)14-9-7-6-8-10-14/h6-10H,5,11H2,1-4H3. The first-order valence-electron chi connectivity index (χ1n) is 8.20. The van der Waals surface area contributed by atoms with Crippen molar-refractivity contribution in [2.24, 2.45) is 0 Å². The van der Waals surface area contributed by atoms with E-state index in [9.17, 15) is 4.79 Å². The van der Waals surface area contributed by atoms with Gasteiger partial charge in [0.1, 0.15) is 4.88 Å². The van der Waals surface area contributed by atoms with Gasteiger partial charge in [0, 0.05) is 24.8 Å². The molecule has 0 aliphatic carbocycles. The van der Waals surface area contributed by atoms with E-state index in [4.69, 9.17) is 0 Å². The number of rotatable bonds is 5. The summed E-state index contributed by atoms with van der Waals surface area (Å²) in [6.45, 7) is 6.49. The molecule has 6 nitrogen and oxygen atoms in total. The summed E-state index contributed by atoms with van der Waals surface area (Å²) in [4.78, 5) is 15.0. The fourth-order valence-corrected chi connectivity index (χ4v) is 3.55. The zero-order valence-electron chi connectivity index (χ0n) is 14.9. The molecular formula is C18H21N5OS. The lowest BCUT2D eigenvalue weighted by atomic mass is 10.1. The SMILES string of the molecule is CCc1nnsc1C(=O)N(C)Cc1c(C)nn(-c2ccccc2)c1C. The molecule has 1 amide bonds. The van der Waals surface area contributed by atoms with Crippen LogP contribution in [0.25, 0.3) is 5.69 Å². The molecule has 0 aliphatic rings. The van der Waals surface area contributed by atoms with Gasteiger partial charge in [0.2, 0.25) is 0 Å². The summed E-state index contributed by atoms with van der Waals surface area (Å²) in [5, 5.41) is 8.67. The second-order valence-corrected chi connectivity index (χ2v) is 6.71. The van der Waals surface area contributed by atoms with Crippen LogP contribution in [0.2, 0.25) is 0 Å². The second-order valence-electron chi connectivity index (χ2n) is 5.96. The van der Waals surface area contributed by atoms with Crippen molar-refractivity contribution in [1.82, 2.24) is 24.3 Å². The molecule has 130 valence electrons. The van der Waals surface area contributed by atoms with Crippen molar-refractivity contribution in [2.45, 2.75) is 33.7 Å². The van der Waals surface area contributed by atoms with E-state index in [1.807, 2.05) is 55.8 Å². The Morgan fingerprint density at radius 1 is 1.24 bits per heavy atom. The Morgan fingerprint density at radius 2 is 1.96 bits per heavy atom. The number of hydrogen-bond acceptors (Lipinski definition) is 5. The predicted octanol–water partition coefficient (Wildman–Crippen LogP) is 3.18. The van der Waals surface area contributed by atoms with Gasteiger partial charge >= 0.3 is 0 Å².